The Balaban J connectivity index is 2.60. The van der Waals surface area contributed by atoms with Gasteiger partial charge in [-0.2, -0.15) is 0 Å². The van der Waals surface area contributed by atoms with Crippen LogP contribution in [0, 0.1) is 5.92 Å². The van der Waals surface area contributed by atoms with Crippen LogP contribution >= 0.6 is 0 Å². The highest BCUT2D eigenvalue weighted by Crippen LogP contribution is 2.33. The number of hydrogen-bond donors (Lipinski definition) is 2. The highest BCUT2D eigenvalue weighted by atomic mass is 16.4. The SMILES string of the molecule is CC(C)CCN(C)C1CCC(NC(C)C)(C(=O)O)C1. The largest absolute Gasteiger partial charge is 0.480 e. The Labute approximate surface area is 117 Å². The van der Waals surface area contributed by atoms with Gasteiger partial charge in [-0.15, -0.1) is 0 Å². The van der Waals surface area contributed by atoms with Crippen molar-refractivity contribution < 1.29 is 9.90 Å². The molecule has 1 rings (SSSR count). The summed E-state index contributed by atoms with van der Waals surface area (Å²) in [6, 6.07) is 0.594. The first kappa shape index (κ1) is 16.4. The maximum Gasteiger partial charge on any atom is 0.323 e. The molecule has 0 bridgehead atoms. The summed E-state index contributed by atoms with van der Waals surface area (Å²) in [6.07, 6.45) is 3.59. The summed E-state index contributed by atoms with van der Waals surface area (Å²) in [4.78, 5) is 14.0. The van der Waals surface area contributed by atoms with E-state index in [2.05, 4.69) is 31.1 Å². The van der Waals surface area contributed by atoms with E-state index in [4.69, 9.17) is 0 Å². The highest BCUT2D eigenvalue weighted by Gasteiger charge is 2.46. The summed E-state index contributed by atoms with van der Waals surface area (Å²) in [5.41, 5.74) is -0.717. The number of hydrogen-bond acceptors (Lipinski definition) is 3. The monoisotopic (exact) mass is 270 g/mol. The van der Waals surface area contributed by atoms with Gasteiger partial charge in [-0.1, -0.05) is 13.8 Å². The zero-order valence-electron chi connectivity index (χ0n) is 13.1. The lowest BCUT2D eigenvalue weighted by molar-refractivity contribution is -0.145. The molecule has 4 heteroatoms. The second-order valence-electron chi connectivity index (χ2n) is 6.75. The van der Waals surface area contributed by atoms with Crippen LogP contribution in [0.4, 0.5) is 0 Å². The van der Waals surface area contributed by atoms with Crippen molar-refractivity contribution in [3.63, 3.8) is 0 Å². The van der Waals surface area contributed by atoms with Crippen LogP contribution in [-0.4, -0.2) is 47.2 Å². The van der Waals surface area contributed by atoms with Crippen molar-refractivity contribution in [3.05, 3.63) is 0 Å². The number of carboxylic acid groups (broad SMARTS) is 1. The van der Waals surface area contributed by atoms with E-state index in [1.165, 1.54) is 6.42 Å². The molecule has 0 aromatic heterocycles. The van der Waals surface area contributed by atoms with E-state index >= 15 is 0 Å². The molecule has 1 aliphatic carbocycles. The fourth-order valence-corrected chi connectivity index (χ4v) is 2.98. The summed E-state index contributed by atoms with van der Waals surface area (Å²) in [5.74, 6) is 0.00262. The molecular formula is C15H30N2O2. The first-order valence-corrected chi connectivity index (χ1v) is 7.48. The van der Waals surface area contributed by atoms with E-state index in [0.29, 0.717) is 12.0 Å². The Morgan fingerprint density at radius 1 is 1.42 bits per heavy atom. The van der Waals surface area contributed by atoms with Crippen LogP contribution in [0.1, 0.15) is 53.4 Å². The molecule has 0 amide bonds. The second-order valence-corrected chi connectivity index (χ2v) is 6.75. The number of rotatable bonds is 7. The first-order chi connectivity index (χ1) is 8.77. The molecule has 1 saturated carbocycles. The van der Waals surface area contributed by atoms with Gasteiger partial charge in [0.05, 0.1) is 0 Å². The van der Waals surface area contributed by atoms with Crippen LogP contribution in [0.25, 0.3) is 0 Å². The molecular weight excluding hydrogens is 240 g/mol. The Morgan fingerprint density at radius 3 is 2.53 bits per heavy atom. The van der Waals surface area contributed by atoms with Crippen molar-refractivity contribution >= 4 is 5.97 Å². The van der Waals surface area contributed by atoms with Gasteiger partial charge in [0.15, 0.2) is 0 Å². The van der Waals surface area contributed by atoms with E-state index in [9.17, 15) is 9.90 Å². The Bertz CT molecular complexity index is 305. The standard InChI is InChI=1S/C15H30N2O2/c1-11(2)7-9-17(5)13-6-8-15(10-13,14(18)19)16-12(3)4/h11-13,16H,6-10H2,1-5H3,(H,18,19). The number of nitrogens with one attached hydrogen (secondary N) is 1. The minimum Gasteiger partial charge on any atom is -0.480 e. The normalized spacial score (nSPS) is 27.7. The molecule has 1 fully saturated rings. The van der Waals surface area contributed by atoms with Gasteiger partial charge in [-0.05, 0) is 59.0 Å². The Hall–Kier alpha value is -0.610. The summed E-state index contributed by atoms with van der Waals surface area (Å²) >= 11 is 0. The van der Waals surface area contributed by atoms with Crippen molar-refractivity contribution in [3.8, 4) is 0 Å². The van der Waals surface area contributed by atoms with Crippen molar-refractivity contribution in [2.45, 2.75) is 71.0 Å². The number of aliphatic carboxylic acids is 1. The van der Waals surface area contributed by atoms with E-state index in [0.717, 1.165) is 25.8 Å². The zero-order chi connectivity index (χ0) is 14.6. The van der Waals surface area contributed by atoms with E-state index in [1.54, 1.807) is 0 Å². The number of nitrogens with zero attached hydrogens (tertiary/aromatic N) is 1. The minimum absolute atomic E-state index is 0.204. The van der Waals surface area contributed by atoms with Crippen molar-refractivity contribution in [1.29, 1.82) is 0 Å². The molecule has 0 radical (unpaired) electrons. The molecule has 0 aromatic rings. The van der Waals surface area contributed by atoms with Gasteiger partial charge in [0.25, 0.3) is 0 Å². The van der Waals surface area contributed by atoms with Crippen LogP contribution in [0.3, 0.4) is 0 Å². The third-order valence-corrected chi connectivity index (χ3v) is 4.15. The van der Waals surface area contributed by atoms with Gasteiger partial charge < -0.3 is 10.0 Å². The molecule has 0 aliphatic heterocycles. The number of carboxylic acids is 1. The van der Waals surface area contributed by atoms with Gasteiger partial charge in [0, 0.05) is 12.1 Å². The van der Waals surface area contributed by atoms with Crippen molar-refractivity contribution in [1.82, 2.24) is 10.2 Å². The van der Waals surface area contributed by atoms with Gasteiger partial charge >= 0.3 is 5.97 Å². The zero-order valence-corrected chi connectivity index (χ0v) is 13.1. The summed E-state index contributed by atoms with van der Waals surface area (Å²) < 4.78 is 0. The maximum atomic E-state index is 11.6. The Kier molecular flexibility index (Phi) is 5.81. The molecule has 4 nitrogen and oxygen atoms in total. The highest BCUT2D eigenvalue weighted by molar-refractivity contribution is 5.79. The van der Waals surface area contributed by atoms with E-state index in [-0.39, 0.29) is 6.04 Å². The van der Waals surface area contributed by atoms with E-state index in [1.807, 2.05) is 13.8 Å². The van der Waals surface area contributed by atoms with Crippen molar-refractivity contribution in [2.75, 3.05) is 13.6 Å². The molecule has 0 heterocycles. The molecule has 2 N–H and O–H groups in total. The lowest BCUT2D eigenvalue weighted by Gasteiger charge is -2.30. The van der Waals surface area contributed by atoms with Crippen LogP contribution in [-0.2, 0) is 4.79 Å². The average Bonchev–Trinajstić information content (AvgIpc) is 2.70. The van der Waals surface area contributed by atoms with Crippen LogP contribution in [0.2, 0.25) is 0 Å². The molecule has 0 aromatic carbocycles. The van der Waals surface area contributed by atoms with Gasteiger partial charge in [0.1, 0.15) is 5.54 Å². The lowest BCUT2D eigenvalue weighted by atomic mass is 9.96. The number of carbonyl (C=O) groups is 1. The third kappa shape index (κ3) is 4.46. The molecule has 0 spiro atoms. The third-order valence-electron chi connectivity index (χ3n) is 4.15. The second kappa shape index (κ2) is 6.71. The summed E-state index contributed by atoms with van der Waals surface area (Å²) in [6.45, 7) is 9.54. The average molecular weight is 270 g/mol. The summed E-state index contributed by atoms with van der Waals surface area (Å²) in [5, 5.41) is 12.8. The lowest BCUT2D eigenvalue weighted by Crippen LogP contribution is -2.53. The molecule has 2 atom stereocenters. The quantitative estimate of drug-likeness (QED) is 0.745. The van der Waals surface area contributed by atoms with Gasteiger partial charge in [0.2, 0.25) is 0 Å². The molecule has 112 valence electrons. The maximum absolute atomic E-state index is 11.6. The van der Waals surface area contributed by atoms with Gasteiger partial charge in [-0.25, -0.2) is 0 Å². The predicted octanol–water partition coefficient (Wildman–Crippen LogP) is 2.34. The molecule has 2 unspecified atom stereocenters. The van der Waals surface area contributed by atoms with Crippen LogP contribution in [0.5, 0.6) is 0 Å². The minimum atomic E-state index is -0.717. The fourth-order valence-electron chi connectivity index (χ4n) is 2.98. The van der Waals surface area contributed by atoms with Gasteiger partial charge in [-0.3, -0.25) is 10.1 Å². The predicted molar refractivity (Wildman–Crippen MR) is 78.4 cm³/mol. The van der Waals surface area contributed by atoms with Crippen LogP contribution in [0.15, 0.2) is 0 Å². The Morgan fingerprint density at radius 2 is 2.05 bits per heavy atom. The van der Waals surface area contributed by atoms with Crippen LogP contribution < -0.4 is 5.32 Å². The molecule has 0 saturated heterocycles. The molecule has 19 heavy (non-hydrogen) atoms. The van der Waals surface area contributed by atoms with Crippen molar-refractivity contribution in [2.24, 2.45) is 5.92 Å². The summed E-state index contributed by atoms with van der Waals surface area (Å²) in [7, 11) is 2.13. The smallest absolute Gasteiger partial charge is 0.323 e. The molecule has 1 aliphatic rings. The topological polar surface area (TPSA) is 52.6 Å². The van der Waals surface area contributed by atoms with E-state index < -0.39 is 11.5 Å². The fraction of sp³-hybridized carbons (Fsp3) is 0.933. The first-order valence-electron chi connectivity index (χ1n) is 7.48.